The Bertz CT molecular complexity index is 794. The van der Waals surface area contributed by atoms with Gasteiger partial charge >= 0.3 is 0 Å². The second kappa shape index (κ2) is 10.2. The quantitative estimate of drug-likeness (QED) is 0.409. The summed E-state index contributed by atoms with van der Waals surface area (Å²) < 4.78 is 21.1. The molecular weight excluding hydrogens is 366 g/mol. The van der Waals surface area contributed by atoms with Crippen molar-refractivity contribution in [2.75, 3.05) is 28.4 Å². The summed E-state index contributed by atoms with van der Waals surface area (Å²) in [5.41, 5.74) is 4.58. The molecule has 7 nitrogen and oxygen atoms in total. The summed E-state index contributed by atoms with van der Waals surface area (Å²) >= 11 is 5.23. The molecule has 0 aliphatic carbocycles. The van der Waals surface area contributed by atoms with Crippen LogP contribution in [-0.4, -0.2) is 39.8 Å². The predicted octanol–water partition coefficient (Wildman–Crippen LogP) is 2.72. The van der Waals surface area contributed by atoms with Gasteiger partial charge in [-0.05, 0) is 36.0 Å². The molecule has 0 aliphatic rings. The highest BCUT2D eigenvalue weighted by atomic mass is 32.1. The van der Waals surface area contributed by atoms with Gasteiger partial charge in [-0.1, -0.05) is 12.1 Å². The number of benzene rings is 2. The predicted molar refractivity (Wildman–Crippen MR) is 109 cm³/mol. The molecule has 8 heteroatoms. The van der Waals surface area contributed by atoms with E-state index in [-0.39, 0.29) is 0 Å². The van der Waals surface area contributed by atoms with Crippen LogP contribution >= 0.6 is 12.2 Å². The lowest BCUT2D eigenvalue weighted by molar-refractivity contribution is 0.349. The summed E-state index contributed by atoms with van der Waals surface area (Å²) in [7, 11) is 6.35. The summed E-state index contributed by atoms with van der Waals surface area (Å²) in [6, 6.07) is 11.2. The number of thiocarbonyl (C=S) groups is 1. The van der Waals surface area contributed by atoms with E-state index >= 15 is 0 Å². The van der Waals surface area contributed by atoms with Crippen LogP contribution < -0.4 is 29.7 Å². The Morgan fingerprint density at radius 1 is 0.926 bits per heavy atom. The molecule has 27 heavy (non-hydrogen) atoms. The van der Waals surface area contributed by atoms with Crippen molar-refractivity contribution in [3.8, 4) is 23.0 Å². The molecule has 2 aromatic carbocycles. The Kier molecular flexibility index (Phi) is 7.69. The number of ether oxygens (including phenoxy) is 4. The molecule has 144 valence electrons. The summed E-state index contributed by atoms with van der Waals surface area (Å²) in [6.45, 7) is 0.574. The van der Waals surface area contributed by atoms with E-state index in [0.717, 1.165) is 16.9 Å². The Morgan fingerprint density at radius 2 is 1.56 bits per heavy atom. The summed E-state index contributed by atoms with van der Waals surface area (Å²) in [6.07, 6.45) is 1.60. The standard InChI is InChI=1S/C19H23N3O4S/c1-23-15-7-5-13(6-8-15)11-20-19(27)22-21-12-14-9-17(25-3)18(26-4)10-16(14)24-2/h5-10,12H,11H2,1-4H3,(H2,20,22,27)/b21-12-. The van der Waals surface area contributed by atoms with Gasteiger partial charge < -0.3 is 24.3 Å². The lowest BCUT2D eigenvalue weighted by Crippen LogP contribution is -2.31. The van der Waals surface area contributed by atoms with Crippen molar-refractivity contribution in [3.63, 3.8) is 0 Å². The topological polar surface area (TPSA) is 73.3 Å². The lowest BCUT2D eigenvalue weighted by Gasteiger charge is -2.12. The van der Waals surface area contributed by atoms with Gasteiger partial charge in [0.2, 0.25) is 0 Å². The summed E-state index contributed by atoms with van der Waals surface area (Å²) in [4.78, 5) is 0. The second-order valence-electron chi connectivity index (χ2n) is 5.35. The van der Waals surface area contributed by atoms with Crippen molar-refractivity contribution in [1.29, 1.82) is 0 Å². The van der Waals surface area contributed by atoms with E-state index in [0.29, 0.717) is 28.9 Å². The Balaban J connectivity index is 1.94. The minimum Gasteiger partial charge on any atom is -0.497 e. The zero-order valence-corrected chi connectivity index (χ0v) is 16.6. The highest BCUT2D eigenvalue weighted by Crippen LogP contribution is 2.33. The maximum atomic E-state index is 5.36. The van der Waals surface area contributed by atoms with Crippen molar-refractivity contribution in [3.05, 3.63) is 47.5 Å². The zero-order chi connectivity index (χ0) is 19.6. The normalized spacial score (nSPS) is 10.4. The molecule has 0 bridgehead atoms. The van der Waals surface area contributed by atoms with Crippen LogP contribution in [0.3, 0.4) is 0 Å². The lowest BCUT2D eigenvalue weighted by atomic mass is 10.2. The molecule has 0 atom stereocenters. The molecular formula is C19H23N3O4S. The van der Waals surface area contributed by atoms with E-state index in [1.807, 2.05) is 24.3 Å². The molecule has 0 aromatic heterocycles. The number of methoxy groups -OCH3 is 4. The molecule has 2 aromatic rings. The van der Waals surface area contributed by atoms with Crippen LogP contribution in [0.2, 0.25) is 0 Å². The third-order valence-electron chi connectivity index (χ3n) is 3.72. The van der Waals surface area contributed by atoms with E-state index in [9.17, 15) is 0 Å². The summed E-state index contributed by atoms with van der Waals surface area (Å²) in [5, 5.41) is 7.63. The van der Waals surface area contributed by atoms with Crippen molar-refractivity contribution < 1.29 is 18.9 Å². The van der Waals surface area contributed by atoms with E-state index in [4.69, 9.17) is 31.2 Å². The fraction of sp³-hybridized carbons (Fsp3) is 0.263. The Morgan fingerprint density at radius 3 is 2.15 bits per heavy atom. The Labute approximate surface area is 164 Å². The monoisotopic (exact) mass is 389 g/mol. The van der Waals surface area contributed by atoms with Crippen molar-refractivity contribution >= 4 is 23.5 Å². The first-order valence-electron chi connectivity index (χ1n) is 8.11. The third-order valence-corrected chi connectivity index (χ3v) is 3.95. The second-order valence-corrected chi connectivity index (χ2v) is 5.76. The first kappa shape index (κ1) is 20.3. The molecule has 0 spiro atoms. The molecule has 0 fully saturated rings. The van der Waals surface area contributed by atoms with Crippen LogP contribution in [0, 0.1) is 0 Å². The van der Waals surface area contributed by atoms with Gasteiger partial charge in [0.25, 0.3) is 0 Å². The molecule has 0 unspecified atom stereocenters. The van der Waals surface area contributed by atoms with E-state index in [1.165, 1.54) is 0 Å². The molecule has 0 aliphatic heterocycles. The number of nitrogens with one attached hydrogen (secondary N) is 2. The third kappa shape index (κ3) is 5.75. The van der Waals surface area contributed by atoms with Crippen LogP contribution in [0.5, 0.6) is 23.0 Å². The molecule has 0 saturated heterocycles. The summed E-state index contributed by atoms with van der Waals surface area (Å²) in [5.74, 6) is 2.58. The first-order valence-corrected chi connectivity index (χ1v) is 8.52. The van der Waals surface area contributed by atoms with Gasteiger partial charge in [0, 0.05) is 18.2 Å². The maximum absolute atomic E-state index is 5.36. The van der Waals surface area contributed by atoms with Gasteiger partial charge in [0.15, 0.2) is 16.6 Å². The van der Waals surface area contributed by atoms with Crippen LogP contribution in [-0.2, 0) is 6.54 Å². The van der Waals surface area contributed by atoms with Gasteiger partial charge in [0.05, 0.1) is 34.7 Å². The highest BCUT2D eigenvalue weighted by Gasteiger charge is 2.10. The van der Waals surface area contributed by atoms with Crippen LogP contribution in [0.1, 0.15) is 11.1 Å². The van der Waals surface area contributed by atoms with Gasteiger partial charge in [-0.2, -0.15) is 5.10 Å². The number of hydrogen-bond acceptors (Lipinski definition) is 6. The SMILES string of the molecule is COc1ccc(CNC(=S)N/N=C\c2cc(OC)c(OC)cc2OC)cc1. The van der Waals surface area contributed by atoms with Crippen molar-refractivity contribution in [1.82, 2.24) is 10.7 Å². The molecule has 0 radical (unpaired) electrons. The average molecular weight is 389 g/mol. The van der Waals surface area contributed by atoms with Gasteiger partial charge in [-0.25, -0.2) is 0 Å². The molecule has 2 rings (SSSR count). The van der Waals surface area contributed by atoms with E-state index < -0.39 is 0 Å². The molecule has 0 saturated carbocycles. The number of hydrazone groups is 1. The zero-order valence-electron chi connectivity index (χ0n) is 15.7. The molecule has 0 heterocycles. The van der Waals surface area contributed by atoms with Crippen LogP contribution in [0.15, 0.2) is 41.5 Å². The van der Waals surface area contributed by atoms with Crippen LogP contribution in [0.4, 0.5) is 0 Å². The van der Waals surface area contributed by atoms with Crippen LogP contribution in [0.25, 0.3) is 0 Å². The molecule has 2 N–H and O–H groups in total. The van der Waals surface area contributed by atoms with E-state index in [2.05, 4.69) is 15.8 Å². The number of hydrogen-bond donors (Lipinski definition) is 2. The van der Waals surface area contributed by atoms with Gasteiger partial charge in [0.1, 0.15) is 11.5 Å². The van der Waals surface area contributed by atoms with Gasteiger partial charge in [-0.15, -0.1) is 0 Å². The first-order chi connectivity index (χ1) is 13.1. The fourth-order valence-corrected chi connectivity index (χ4v) is 2.40. The number of nitrogens with zero attached hydrogens (tertiary/aromatic N) is 1. The molecule has 0 amide bonds. The average Bonchev–Trinajstić information content (AvgIpc) is 2.72. The highest BCUT2D eigenvalue weighted by molar-refractivity contribution is 7.80. The van der Waals surface area contributed by atoms with E-state index in [1.54, 1.807) is 46.8 Å². The fourth-order valence-electron chi connectivity index (χ4n) is 2.28. The van der Waals surface area contributed by atoms with Gasteiger partial charge in [-0.3, -0.25) is 5.43 Å². The maximum Gasteiger partial charge on any atom is 0.187 e. The minimum atomic E-state index is 0.404. The Hall–Kier alpha value is -3.00. The number of rotatable bonds is 8. The van der Waals surface area contributed by atoms with Crippen molar-refractivity contribution in [2.45, 2.75) is 6.54 Å². The smallest absolute Gasteiger partial charge is 0.187 e. The minimum absolute atomic E-state index is 0.404. The largest absolute Gasteiger partial charge is 0.497 e. The van der Waals surface area contributed by atoms with Crippen molar-refractivity contribution in [2.24, 2.45) is 5.10 Å².